The number of benzene rings is 1. The van der Waals surface area contributed by atoms with Gasteiger partial charge in [-0.25, -0.2) is 8.78 Å². The van der Waals surface area contributed by atoms with E-state index in [1.807, 2.05) is 4.90 Å². The van der Waals surface area contributed by atoms with Crippen LogP contribution in [0, 0.1) is 11.6 Å². The van der Waals surface area contributed by atoms with E-state index in [2.05, 4.69) is 5.32 Å². The highest BCUT2D eigenvalue weighted by molar-refractivity contribution is 5.85. The Balaban J connectivity index is 0.00000180. The lowest BCUT2D eigenvalue weighted by Crippen LogP contribution is -2.45. The molecule has 1 aliphatic rings. The molecule has 1 atom stereocenters. The third-order valence-electron chi connectivity index (χ3n) is 3.30. The Bertz CT molecular complexity index is 397. The van der Waals surface area contributed by atoms with Gasteiger partial charge in [-0.15, -0.1) is 12.4 Å². The van der Waals surface area contributed by atoms with Crippen LogP contribution in [0.3, 0.4) is 0 Å². The molecule has 0 amide bonds. The van der Waals surface area contributed by atoms with Crippen LogP contribution >= 0.6 is 12.4 Å². The second-order valence-electron chi connectivity index (χ2n) is 4.45. The molecule has 1 aromatic rings. The average molecular weight is 295 g/mol. The lowest BCUT2D eigenvalue weighted by Gasteiger charge is -2.35. The van der Waals surface area contributed by atoms with Crippen molar-refractivity contribution in [2.75, 3.05) is 32.9 Å². The monoisotopic (exact) mass is 294 g/mol. The standard InChI is InChI=1S/C13H17F3N2.ClH/c14-4-3-13(18-7-5-17-6-8-18)11-2-1-10(15)9-12(11)16;/h1-2,9,13,17H,3-8H2;1H/t13-;/m1./s1. The molecule has 6 heteroatoms. The molecule has 0 spiro atoms. The summed E-state index contributed by atoms with van der Waals surface area (Å²) < 4.78 is 39.3. The summed E-state index contributed by atoms with van der Waals surface area (Å²) in [5, 5.41) is 3.20. The summed E-state index contributed by atoms with van der Waals surface area (Å²) in [6, 6.07) is 3.21. The molecule has 1 heterocycles. The van der Waals surface area contributed by atoms with Gasteiger partial charge in [0.2, 0.25) is 0 Å². The van der Waals surface area contributed by atoms with Crippen molar-refractivity contribution in [3.05, 3.63) is 35.4 Å². The SMILES string of the molecule is Cl.FCC[C@H](c1ccc(F)cc1F)N1CCNCC1. The predicted molar refractivity (Wildman–Crippen MR) is 71.4 cm³/mol. The minimum absolute atomic E-state index is 0. The molecule has 2 rings (SSSR count). The second kappa shape index (κ2) is 7.72. The van der Waals surface area contributed by atoms with Crippen molar-refractivity contribution in [3.63, 3.8) is 0 Å². The van der Waals surface area contributed by atoms with Crippen molar-refractivity contribution < 1.29 is 13.2 Å². The van der Waals surface area contributed by atoms with Crippen molar-refractivity contribution >= 4 is 12.4 Å². The van der Waals surface area contributed by atoms with E-state index in [4.69, 9.17) is 0 Å². The van der Waals surface area contributed by atoms with Gasteiger partial charge in [-0.2, -0.15) is 0 Å². The van der Waals surface area contributed by atoms with Crippen LogP contribution in [0.2, 0.25) is 0 Å². The second-order valence-corrected chi connectivity index (χ2v) is 4.45. The summed E-state index contributed by atoms with van der Waals surface area (Å²) in [5.41, 5.74) is 0.385. The Kier molecular flexibility index (Phi) is 6.62. The van der Waals surface area contributed by atoms with Gasteiger partial charge < -0.3 is 5.32 Å². The van der Waals surface area contributed by atoms with Crippen LogP contribution in [0.4, 0.5) is 13.2 Å². The average Bonchev–Trinajstić information content (AvgIpc) is 2.38. The Morgan fingerprint density at radius 3 is 2.47 bits per heavy atom. The summed E-state index contributed by atoms with van der Waals surface area (Å²) in [5.74, 6) is -1.19. The zero-order valence-electron chi connectivity index (χ0n) is 10.5. The van der Waals surface area contributed by atoms with E-state index in [-0.39, 0.29) is 24.9 Å². The molecule has 1 N–H and O–H groups in total. The molecular weight excluding hydrogens is 277 g/mol. The Morgan fingerprint density at radius 1 is 1.21 bits per heavy atom. The largest absolute Gasteiger partial charge is 0.314 e. The molecule has 0 radical (unpaired) electrons. The molecule has 2 nitrogen and oxygen atoms in total. The highest BCUT2D eigenvalue weighted by Gasteiger charge is 2.24. The summed E-state index contributed by atoms with van der Waals surface area (Å²) in [4.78, 5) is 2.05. The summed E-state index contributed by atoms with van der Waals surface area (Å²) in [6.45, 7) is 2.62. The van der Waals surface area contributed by atoms with E-state index >= 15 is 0 Å². The lowest BCUT2D eigenvalue weighted by molar-refractivity contribution is 0.154. The molecule has 0 unspecified atom stereocenters. The highest BCUT2D eigenvalue weighted by Crippen LogP contribution is 2.27. The number of hydrogen-bond donors (Lipinski definition) is 1. The molecule has 0 aromatic heterocycles. The van der Waals surface area contributed by atoms with E-state index in [0.29, 0.717) is 5.56 Å². The van der Waals surface area contributed by atoms with Crippen LogP contribution in [-0.4, -0.2) is 37.8 Å². The molecule has 0 saturated carbocycles. The smallest absolute Gasteiger partial charge is 0.130 e. The normalized spacial score (nSPS) is 17.8. The Labute approximate surface area is 117 Å². The highest BCUT2D eigenvalue weighted by atomic mass is 35.5. The number of hydrogen-bond acceptors (Lipinski definition) is 2. The van der Waals surface area contributed by atoms with Crippen LogP contribution in [0.15, 0.2) is 18.2 Å². The first-order valence-corrected chi connectivity index (χ1v) is 6.18. The molecule has 0 aliphatic carbocycles. The fourth-order valence-corrected chi connectivity index (χ4v) is 2.40. The molecular formula is C13H18ClF3N2. The first kappa shape index (κ1) is 16.3. The van der Waals surface area contributed by atoms with Crippen LogP contribution in [-0.2, 0) is 0 Å². The van der Waals surface area contributed by atoms with E-state index in [9.17, 15) is 13.2 Å². The topological polar surface area (TPSA) is 15.3 Å². The van der Waals surface area contributed by atoms with Crippen LogP contribution in [0.1, 0.15) is 18.0 Å². The number of rotatable bonds is 4. The van der Waals surface area contributed by atoms with E-state index in [0.717, 1.165) is 32.2 Å². The third-order valence-corrected chi connectivity index (χ3v) is 3.30. The van der Waals surface area contributed by atoms with Crippen molar-refractivity contribution in [3.8, 4) is 0 Å². The van der Waals surface area contributed by atoms with Gasteiger partial charge in [0.25, 0.3) is 0 Å². The minimum atomic E-state index is -0.601. The van der Waals surface area contributed by atoms with Crippen LogP contribution in [0.5, 0.6) is 0 Å². The van der Waals surface area contributed by atoms with Gasteiger partial charge in [0.05, 0.1) is 6.67 Å². The van der Waals surface area contributed by atoms with Crippen molar-refractivity contribution in [2.24, 2.45) is 0 Å². The molecule has 1 saturated heterocycles. The molecule has 1 fully saturated rings. The maximum absolute atomic E-state index is 13.8. The van der Waals surface area contributed by atoms with Gasteiger partial charge in [0, 0.05) is 43.9 Å². The van der Waals surface area contributed by atoms with Crippen molar-refractivity contribution in [1.82, 2.24) is 10.2 Å². The van der Waals surface area contributed by atoms with Crippen molar-refractivity contribution in [2.45, 2.75) is 12.5 Å². The molecule has 108 valence electrons. The van der Waals surface area contributed by atoms with Gasteiger partial charge in [-0.05, 0) is 12.5 Å². The number of piperazine rings is 1. The summed E-state index contributed by atoms with van der Waals surface area (Å²) >= 11 is 0. The molecule has 1 aliphatic heterocycles. The molecule has 1 aromatic carbocycles. The fraction of sp³-hybridized carbons (Fsp3) is 0.538. The first-order valence-electron chi connectivity index (χ1n) is 6.18. The van der Waals surface area contributed by atoms with E-state index in [1.54, 1.807) is 0 Å². The van der Waals surface area contributed by atoms with Gasteiger partial charge in [0.1, 0.15) is 11.6 Å². The maximum atomic E-state index is 13.8. The number of nitrogens with one attached hydrogen (secondary N) is 1. The number of alkyl halides is 1. The maximum Gasteiger partial charge on any atom is 0.130 e. The zero-order valence-corrected chi connectivity index (χ0v) is 11.4. The Morgan fingerprint density at radius 2 is 1.89 bits per heavy atom. The third kappa shape index (κ3) is 4.09. The zero-order chi connectivity index (χ0) is 13.0. The van der Waals surface area contributed by atoms with Gasteiger partial charge in [0.15, 0.2) is 0 Å². The van der Waals surface area contributed by atoms with E-state index in [1.165, 1.54) is 12.1 Å². The van der Waals surface area contributed by atoms with Crippen molar-refractivity contribution in [1.29, 1.82) is 0 Å². The molecule has 0 bridgehead atoms. The predicted octanol–water partition coefficient (Wildman–Crippen LogP) is 2.69. The quantitative estimate of drug-likeness (QED) is 0.918. The van der Waals surface area contributed by atoms with E-state index < -0.39 is 18.3 Å². The fourth-order valence-electron chi connectivity index (χ4n) is 2.40. The molecule has 19 heavy (non-hydrogen) atoms. The summed E-state index contributed by atoms with van der Waals surface area (Å²) in [7, 11) is 0. The number of nitrogens with zero attached hydrogens (tertiary/aromatic N) is 1. The lowest BCUT2D eigenvalue weighted by atomic mass is 10.0. The van der Waals surface area contributed by atoms with Crippen LogP contribution < -0.4 is 5.32 Å². The van der Waals surface area contributed by atoms with Gasteiger partial charge in [-0.3, -0.25) is 9.29 Å². The van der Waals surface area contributed by atoms with Crippen LogP contribution in [0.25, 0.3) is 0 Å². The summed E-state index contributed by atoms with van der Waals surface area (Å²) in [6.07, 6.45) is 0.239. The Hall–Kier alpha value is -0.780. The number of halogens is 4. The first-order chi connectivity index (χ1) is 8.72. The minimum Gasteiger partial charge on any atom is -0.314 e. The van der Waals surface area contributed by atoms with Gasteiger partial charge in [-0.1, -0.05) is 6.07 Å². The van der Waals surface area contributed by atoms with Gasteiger partial charge >= 0.3 is 0 Å².